The van der Waals surface area contributed by atoms with Crippen LogP contribution in [0.2, 0.25) is 10.0 Å². The number of rotatable bonds is 6. The molecule has 0 aliphatic carbocycles. The quantitative estimate of drug-likeness (QED) is 0.785. The van der Waals surface area contributed by atoms with Crippen molar-refractivity contribution in [3.05, 3.63) is 58.6 Å². The van der Waals surface area contributed by atoms with Gasteiger partial charge in [-0.05, 0) is 37.3 Å². The molecule has 0 saturated carbocycles. The fourth-order valence-corrected chi connectivity index (χ4v) is 2.24. The Morgan fingerprint density at radius 3 is 2.50 bits per heavy atom. The number of amides is 1. The number of carbonyl (C=O) groups is 2. The third kappa shape index (κ3) is 5.44. The Balaban J connectivity index is 1.81. The molecule has 2 rings (SSSR count). The fourth-order valence-electron chi connectivity index (χ4n) is 1.78. The molecule has 0 radical (unpaired) electrons. The van der Waals surface area contributed by atoms with E-state index >= 15 is 0 Å². The van der Waals surface area contributed by atoms with Crippen molar-refractivity contribution in [2.75, 3.05) is 11.9 Å². The lowest BCUT2D eigenvalue weighted by Crippen LogP contribution is -2.31. The second kappa shape index (κ2) is 8.57. The van der Waals surface area contributed by atoms with Gasteiger partial charge in [0.2, 0.25) is 0 Å². The third-order valence-electron chi connectivity index (χ3n) is 2.96. The highest BCUT2D eigenvalue weighted by molar-refractivity contribution is 6.35. The lowest BCUT2D eigenvalue weighted by atomic mass is 10.3. The van der Waals surface area contributed by atoms with Gasteiger partial charge in [0.1, 0.15) is 5.75 Å². The Hall–Kier alpha value is -2.24. The minimum atomic E-state index is -0.956. The Labute approximate surface area is 149 Å². The maximum Gasteiger partial charge on any atom is 0.344 e. The Kier molecular flexibility index (Phi) is 6.46. The molecule has 0 aliphatic rings. The highest BCUT2D eigenvalue weighted by atomic mass is 35.5. The van der Waals surface area contributed by atoms with Gasteiger partial charge in [0.05, 0.1) is 5.02 Å². The van der Waals surface area contributed by atoms with Crippen LogP contribution in [0.1, 0.15) is 6.92 Å². The monoisotopic (exact) mass is 367 g/mol. The van der Waals surface area contributed by atoms with Crippen molar-refractivity contribution in [2.45, 2.75) is 13.0 Å². The third-order valence-corrected chi connectivity index (χ3v) is 3.49. The van der Waals surface area contributed by atoms with Gasteiger partial charge < -0.3 is 14.8 Å². The van der Waals surface area contributed by atoms with Gasteiger partial charge in [0.25, 0.3) is 5.91 Å². The number of hydrogen-bond donors (Lipinski definition) is 1. The van der Waals surface area contributed by atoms with Crippen LogP contribution in [0.4, 0.5) is 5.69 Å². The van der Waals surface area contributed by atoms with E-state index in [0.717, 1.165) is 0 Å². The van der Waals surface area contributed by atoms with Crippen molar-refractivity contribution in [1.29, 1.82) is 0 Å². The van der Waals surface area contributed by atoms with Gasteiger partial charge in [-0.1, -0.05) is 41.4 Å². The second-order valence-electron chi connectivity index (χ2n) is 4.85. The van der Waals surface area contributed by atoms with E-state index in [2.05, 4.69) is 5.32 Å². The predicted octanol–water partition coefficient (Wildman–Crippen LogP) is 3.94. The molecule has 1 N–H and O–H groups in total. The first-order valence-electron chi connectivity index (χ1n) is 7.09. The highest BCUT2D eigenvalue weighted by Gasteiger charge is 2.18. The van der Waals surface area contributed by atoms with Gasteiger partial charge in [0.15, 0.2) is 12.7 Å². The number of para-hydroxylation sites is 1. The molecule has 24 heavy (non-hydrogen) atoms. The lowest BCUT2D eigenvalue weighted by Gasteiger charge is -2.14. The predicted molar refractivity (Wildman–Crippen MR) is 92.6 cm³/mol. The molecule has 7 heteroatoms. The summed E-state index contributed by atoms with van der Waals surface area (Å²) in [5.74, 6) is -0.810. The summed E-state index contributed by atoms with van der Waals surface area (Å²) in [6.07, 6.45) is -0.956. The molecule has 2 aromatic rings. The zero-order valence-electron chi connectivity index (χ0n) is 12.8. The minimum absolute atomic E-state index is 0.283. The van der Waals surface area contributed by atoms with Gasteiger partial charge >= 0.3 is 5.97 Å². The Morgan fingerprint density at radius 2 is 1.83 bits per heavy atom. The van der Waals surface area contributed by atoms with Crippen molar-refractivity contribution < 1.29 is 19.1 Å². The van der Waals surface area contributed by atoms with Crippen LogP contribution in [0.15, 0.2) is 48.5 Å². The number of esters is 1. The van der Waals surface area contributed by atoms with Crippen LogP contribution in [-0.4, -0.2) is 24.6 Å². The first kappa shape index (κ1) is 18.1. The summed E-state index contributed by atoms with van der Waals surface area (Å²) in [7, 11) is 0. The molecular formula is C17H15Cl2NO4. The molecule has 126 valence electrons. The van der Waals surface area contributed by atoms with E-state index in [1.54, 1.807) is 36.4 Å². The maximum atomic E-state index is 11.9. The van der Waals surface area contributed by atoms with E-state index in [-0.39, 0.29) is 11.6 Å². The summed E-state index contributed by atoms with van der Waals surface area (Å²) in [6, 6.07) is 13.5. The van der Waals surface area contributed by atoms with Crippen molar-refractivity contribution in [2.24, 2.45) is 0 Å². The van der Waals surface area contributed by atoms with E-state index in [4.69, 9.17) is 32.7 Å². The first-order valence-corrected chi connectivity index (χ1v) is 7.84. The Bertz CT molecular complexity index is 722. The molecule has 1 atom stereocenters. The normalized spacial score (nSPS) is 11.5. The van der Waals surface area contributed by atoms with E-state index in [1.165, 1.54) is 13.0 Å². The number of nitrogens with one attached hydrogen (secondary N) is 1. The molecule has 0 bridgehead atoms. The van der Waals surface area contributed by atoms with E-state index in [9.17, 15) is 9.59 Å². The lowest BCUT2D eigenvalue weighted by molar-refractivity contribution is -0.155. The van der Waals surface area contributed by atoms with Gasteiger partial charge in [-0.25, -0.2) is 4.79 Å². The zero-order chi connectivity index (χ0) is 17.5. The topological polar surface area (TPSA) is 64.6 Å². The van der Waals surface area contributed by atoms with Crippen molar-refractivity contribution >= 4 is 40.8 Å². The van der Waals surface area contributed by atoms with E-state index < -0.39 is 18.0 Å². The smallest absolute Gasteiger partial charge is 0.344 e. The molecule has 5 nitrogen and oxygen atoms in total. The summed E-state index contributed by atoms with van der Waals surface area (Å²) < 4.78 is 10.3. The zero-order valence-corrected chi connectivity index (χ0v) is 14.3. The van der Waals surface area contributed by atoms with Gasteiger partial charge in [-0.2, -0.15) is 0 Å². The van der Waals surface area contributed by atoms with E-state index in [0.29, 0.717) is 16.5 Å². The highest BCUT2D eigenvalue weighted by Crippen LogP contribution is 2.27. The van der Waals surface area contributed by atoms with Gasteiger partial charge in [-0.15, -0.1) is 0 Å². The SMILES string of the molecule is C[C@@H](OC(=O)COc1ccc(Cl)cc1Cl)C(=O)Nc1ccccc1. The number of carbonyl (C=O) groups excluding carboxylic acids is 2. The summed E-state index contributed by atoms with van der Waals surface area (Å²) >= 11 is 11.7. The molecule has 0 aromatic heterocycles. The average molecular weight is 368 g/mol. The van der Waals surface area contributed by atoms with Gasteiger partial charge in [-0.3, -0.25) is 4.79 Å². The van der Waals surface area contributed by atoms with Crippen LogP contribution in [0.3, 0.4) is 0 Å². The van der Waals surface area contributed by atoms with Crippen molar-refractivity contribution in [1.82, 2.24) is 0 Å². The van der Waals surface area contributed by atoms with Crippen LogP contribution in [0.5, 0.6) is 5.75 Å². The van der Waals surface area contributed by atoms with Gasteiger partial charge in [0, 0.05) is 10.7 Å². The van der Waals surface area contributed by atoms with Crippen LogP contribution in [-0.2, 0) is 14.3 Å². The largest absolute Gasteiger partial charge is 0.480 e. The molecule has 0 unspecified atom stereocenters. The molecule has 0 heterocycles. The molecule has 2 aromatic carbocycles. The van der Waals surface area contributed by atoms with Crippen LogP contribution in [0, 0.1) is 0 Å². The molecule has 0 saturated heterocycles. The summed E-state index contributed by atoms with van der Waals surface area (Å²) in [4.78, 5) is 23.7. The number of ether oxygens (including phenoxy) is 2. The van der Waals surface area contributed by atoms with E-state index in [1.807, 2.05) is 6.07 Å². The number of halogens is 2. The van der Waals surface area contributed by atoms with Crippen LogP contribution >= 0.6 is 23.2 Å². The molecule has 0 fully saturated rings. The molecule has 1 amide bonds. The minimum Gasteiger partial charge on any atom is -0.480 e. The fraction of sp³-hybridized carbons (Fsp3) is 0.176. The molecule has 0 aliphatic heterocycles. The van der Waals surface area contributed by atoms with Crippen molar-refractivity contribution in [3.63, 3.8) is 0 Å². The van der Waals surface area contributed by atoms with Crippen LogP contribution < -0.4 is 10.1 Å². The molecular weight excluding hydrogens is 353 g/mol. The average Bonchev–Trinajstić information content (AvgIpc) is 2.55. The standard InChI is InChI=1S/C17H15Cl2NO4/c1-11(17(22)20-13-5-3-2-4-6-13)24-16(21)10-23-15-8-7-12(18)9-14(15)19/h2-9,11H,10H2,1H3,(H,20,22)/t11-/m1/s1. The summed E-state index contributed by atoms with van der Waals surface area (Å²) in [6.45, 7) is 1.11. The number of anilines is 1. The first-order chi connectivity index (χ1) is 11.5. The number of hydrogen-bond acceptors (Lipinski definition) is 4. The second-order valence-corrected chi connectivity index (χ2v) is 5.69. The van der Waals surface area contributed by atoms with Crippen LogP contribution in [0.25, 0.3) is 0 Å². The van der Waals surface area contributed by atoms with Crippen molar-refractivity contribution in [3.8, 4) is 5.75 Å². The maximum absolute atomic E-state index is 11.9. The Morgan fingerprint density at radius 1 is 1.12 bits per heavy atom. The molecule has 0 spiro atoms. The summed E-state index contributed by atoms with van der Waals surface area (Å²) in [5, 5.41) is 3.39. The summed E-state index contributed by atoms with van der Waals surface area (Å²) in [5.41, 5.74) is 0.620. The number of benzene rings is 2.